The fourth-order valence-electron chi connectivity index (χ4n) is 3.57. The van der Waals surface area contributed by atoms with Gasteiger partial charge in [-0.3, -0.25) is 19.8 Å². The molecule has 11 heteroatoms. The van der Waals surface area contributed by atoms with Crippen LogP contribution in [-0.4, -0.2) is 56.6 Å². The molecule has 9 nitrogen and oxygen atoms in total. The Labute approximate surface area is 200 Å². The zero-order valence-electron chi connectivity index (χ0n) is 17.6. The number of amides is 1. The summed E-state index contributed by atoms with van der Waals surface area (Å²) in [6.45, 7) is 3.56. The first kappa shape index (κ1) is 23.0. The molecule has 0 spiro atoms. The van der Waals surface area contributed by atoms with Gasteiger partial charge < -0.3 is 9.64 Å². The third-order valence-corrected chi connectivity index (χ3v) is 5.82. The maximum atomic E-state index is 12.8. The quantitative estimate of drug-likeness (QED) is 0.366. The number of nitro benzene ring substituents is 1. The second kappa shape index (κ2) is 10.2. The number of hydrogen-bond acceptors (Lipinski definition) is 6. The molecule has 1 aliphatic rings. The zero-order chi connectivity index (χ0) is 23.4. The lowest BCUT2D eigenvalue weighted by molar-refractivity contribution is -0.384. The van der Waals surface area contributed by atoms with Gasteiger partial charge in [-0.15, -0.1) is 0 Å². The van der Waals surface area contributed by atoms with Crippen LogP contribution in [0.5, 0.6) is 5.75 Å². The predicted octanol–water partition coefficient (Wildman–Crippen LogP) is 4.09. The summed E-state index contributed by atoms with van der Waals surface area (Å²) in [5.74, 6) is 0.158. The van der Waals surface area contributed by atoms with E-state index in [9.17, 15) is 14.9 Å². The molecule has 172 valence electrons. The van der Waals surface area contributed by atoms with Crippen molar-refractivity contribution in [2.24, 2.45) is 0 Å². The van der Waals surface area contributed by atoms with Crippen molar-refractivity contribution in [2.75, 3.05) is 26.2 Å². The summed E-state index contributed by atoms with van der Waals surface area (Å²) in [4.78, 5) is 27.2. The second-order valence-corrected chi connectivity index (χ2v) is 8.43. The average molecular weight is 490 g/mol. The SMILES string of the molecule is O=C(c1ccn(COc2ccc([N+](=O)[O-])cc2Cl)n1)N1CCN(Cc2cccc(Cl)c2)CC1. The number of ether oxygens (including phenoxy) is 1. The van der Waals surface area contributed by atoms with Crippen molar-refractivity contribution in [3.63, 3.8) is 0 Å². The predicted molar refractivity (Wildman–Crippen MR) is 124 cm³/mol. The fraction of sp³-hybridized carbons (Fsp3) is 0.273. The van der Waals surface area contributed by atoms with Crippen LogP contribution in [0.25, 0.3) is 0 Å². The minimum absolute atomic E-state index is 0.0121. The van der Waals surface area contributed by atoms with E-state index in [1.54, 1.807) is 17.2 Å². The Morgan fingerprint density at radius 1 is 1.09 bits per heavy atom. The summed E-state index contributed by atoms with van der Waals surface area (Å²) in [5, 5.41) is 15.9. The third-order valence-electron chi connectivity index (χ3n) is 5.29. The number of carbonyl (C=O) groups is 1. The number of nitrogens with zero attached hydrogens (tertiary/aromatic N) is 5. The van der Waals surface area contributed by atoms with E-state index in [4.69, 9.17) is 27.9 Å². The van der Waals surface area contributed by atoms with Crippen LogP contribution in [0, 0.1) is 10.1 Å². The van der Waals surface area contributed by atoms with Crippen LogP contribution in [0.3, 0.4) is 0 Å². The van der Waals surface area contributed by atoms with E-state index in [2.05, 4.69) is 10.00 Å². The molecule has 1 fully saturated rings. The van der Waals surface area contributed by atoms with Gasteiger partial charge in [0, 0.05) is 56.1 Å². The van der Waals surface area contributed by atoms with Crippen LogP contribution < -0.4 is 4.74 Å². The number of benzene rings is 2. The molecule has 0 radical (unpaired) electrons. The lowest BCUT2D eigenvalue weighted by Crippen LogP contribution is -2.48. The molecule has 33 heavy (non-hydrogen) atoms. The molecular weight excluding hydrogens is 469 g/mol. The standard InChI is InChI=1S/C22H21Cl2N5O4/c23-17-3-1-2-16(12-17)14-26-8-10-27(11-9-26)22(30)20-6-7-28(25-20)15-33-21-5-4-18(29(31)32)13-19(21)24/h1-7,12-13H,8-11,14-15H2. The molecule has 0 bridgehead atoms. The molecule has 3 aromatic rings. The van der Waals surface area contributed by atoms with Crippen molar-refractivity contribution < 1.29 is 14.5 Å². The highest BCUT2D eigenvalue weighted by atomic mass is 35.5. The van der Waals surface area contributed by atoms with Crippen molar-refractivity contribution in [2.45, 2.75) is 13.3 Å². The molecule has 1 amide bonds. The van der Waals surface area contributed by atoms with E-state index >= 15 is 0 Å². The fourth-order valence-corrected chi connectivity index (χ4v) is 4.01. The van der Waals surface area contributed by atoms with Crippen molar-refractivity contribution in [1.29, 1.82) is 0 Å². The van der Waals surface area contributed by atoms with E-state index in [-0.39, 0.29) is 23.3 Å². The molecule has 1 aromatic heterocycles. The van der Waals surface area contributed by atoms with Gasteiger partial charge in [0.25, 0.3) is 11.6 Å². The van der Waals surface area contributed by atoms with Crippen molar-refractivity contribution >= 4 is 34.8 Å². The number of rotatable bonds is 7. The van der Waals surface area contributed by atoms with Gasteiger partial charge in [0.05, 0.1) is 9.95 Å². The molecule has 0 unspecified atom stereocenters. The Morgan fingerprint density at radius 2 is 1.88 bits per heavy atom. The van der Waals surface area contributed by atoms with Gasteiger partial charge in [0.1, 0.15) is 5.75 Å². The number of piperazine rings is 1. The van der Waals surface area contributed by atoms with Crippen molar-refractivity contribution in [3.8, 4) is 5.75 Å². The van der Waals surface area contributed by atoms with E-state index in [0.717, 1.165) is 30.2 Å². The van der Waals surface area contributed by atoms with Crippen LogP contribution >= 0.6 is 23.2 Å². The normalized spacial score (nSPS) is 14.3. The van der Waals surface area contributed by atoms with Crippen LogP contribution in [0.15, 0.2) is 54.7 Å². The lowest BCUT2D eigenvalue weighted by Gasteiger charge is -2.34. The lowest BCUT2D eigenvalue weighted by atomic mass is 10.2. The Morgan fingerprint density at radius 3 is 2.58 bits per heavy atom. The number of non-ortho nitro benzene ring substituents is 1. The highest BCUT2D eigenvalue weighted by molar-refractivity contribution is 6.32. The number of carbonyl (C=O) groups excluding carboxylic acids is 1. The average Bonchev–Trinajstić information content (AvgIpc) is 3.27. The Balaban J connectivity index is 1.29. The Hall–Kier alpha value is -3.14. The summed E-state index contributed by atoms with van der Waals surface area (Å²) in [6.07, 6.45) is 1.64. The molecule has 4 rings (SSSR count). The van der Waals surface area contributed by atoms with Gasteiger partial charge in [-0.25, -0.2) is 4.68 Å². The first-order chi connectivity index (χ1) is 15.9. The first-order valence-corrected chi connectivity index (χ1v) is 11.0. The van der Waals surface area contributed by atoms with Crippen LogP contribution in [0.4, 0.5) is 5.69 Å². The summed E-state index contributed by atoms with van der Waals surface area (Å²) < 4.78 is 7.05. The number of aromatic nitrogens is 2. The summed E-state index contributed by atoms with van der Waals surface area (Å²) in [6, 6.07) is 13.4. The summed E-state index contributed by atoms with van der Waals surface area (Å²) >= 11 is 12.1. The van der Waals surface area contributed by atoms with Gasteiger partial charge in [0.15, 0.2) is 12.4 Å². The summed E-state index contributed by atoms with van der Waals surface area (Å²) in [5.41, 5.74) is 1.36. The van der Waals surface area contributed by atoms with Gasteiger partial charge >= 0.3 is 0 Å². The highest BCUT2D eigenvalue weighted by Gasteiger charge is 2.24. The van der Waals surface area contributed by atoms with Gasteiger partial charge in [-0.1, -0.05) is 35.3 Å². The minimum Gasteiger partial charge on any atom is -0.470 e. The maximum absolute atomic E-state index is 12.8. The van der Waals surface area contributed by atoms with Gasteiger partial charge in [-0.05, 0) is 29.8 Å². The van der Waals surface area contributed by atoms with Crippen LogP contribution in [-0.2, 0) is 13.3 Å². The molecule has 0 saturated carbocycles. The smallest absolute Gasteiger partial charge is 0.274 e. The largest absolute Gasteiger partial charge is 0.470 e. The molecule has 0 aliphatic carbocycles. The highest BCUT2D eigenvalue weighted by Crippen LogP contribution is 2.28. The van der Waals surface area contributed by atoms with E-state index < -0.39 is 4.92 Å². The molecular formula is C22H21Cl2N5O4. The van der Waals surface area contributed by atoms with Crippen molar-refractivity contribution in [3.05, 3.63) is 86.1 Å². The van der Waals surface area contributed by atoms with Gasteiger partial charge in [0.2, 0.25) is 0 Å². The van der Waals surface area contributed by atoms with E-state index in [1.807, 2.05) is 24.3 Å². The molecule has 2 aromatic carbocycles. The molecule has 1 aliphatic heterocycles. The van der Waals surface area contributed by atoms with E-state index in [0.29, 0.717) is 24.5 Å². The minimum atomic E-state index is -0.530. The number of halogens is 2. The van der Waals surface area contributed by atoms with E-state index in [1.165, 1.54) is 22.9 Å². The molecule has 1 saturated heterocycles. The Bertz CT molecular complexity index is 1160. The topological polar surface area (TPSA) is 93.7 Å². The zero-order valence-corrected chi connectivity index (χ0v) is 19.1. The first-order valence-electron chi connectivity index (χ1n) is 10.3. The molecule has 2 heterocycles. The van der Waals surface area contributed by atoms with Crippen molar-refractivity contribution in [1.82, 2.24) is 19.6 Å². The third kappa shape index (κ3) is 5.81. The monoisotopic (exact) mass is 489 g/mol. The maximum Gasteiger partial charge on any atom is 0.274 e. The number of nitro groups is 1. The molecule has 0 atom stereocenters. The number of hydrogen-bond donors (Lipinski definition) is 0. The Kier molecular flexibility index (Phi) is 7.12. The van der Waals surface area contributed by atoms with Crippen LogP contribution in [0.2, 0.25) is 10.0 Å². The molecule has 0 N–H and O–H groups in total. The second-order valence-electron chi connectivity index (χ2n) is 7.58. The van der Waals surface area contributed by atoms with Gasteiger partial charge in [-0.2, -0.15) is 5.10 Å². The summed E-state index contributed by atoms with van der Waals surface area (Å²) in [7, 11) is 0. The van der Waals surface area contributed by atoms with Crippen LogP contribution in [0.1, 0.15) is 16.1 Å².